The summed E-state index contributed by atoms with van der Waals surface area (Å²) in [5.74, 6) is -3.00. The lowest BCUT2D eigenvalue weighted by molar-refractivity contribution is -0.159. The molecule has 0 aromatic heterocycles. The van der Waals surface area contributed by atoms with Gasteiger partial charge in [-0.05, 0) is 56.0 Å². The number of amides is 1. The molecule has 26 heavy (non-hydrogen) atoms. The predicted molar refractivity (Wildman–Crippen MR) is 93.2 cm³/mol. The monoisotopic (exact) mass is 368 g/mol. The molecule has 8 heteroatoms. The molecule has 1 amide bonds. The van der Waals surface area contributed by atoms with Gasteiger partial charge in [0.1, 0.15) is 5.82 Å². The van der Waals surface area contributed by atoms with E-state index in [1.807, 2.05) is 0 Å². The molecule has 0 aliphatic carbocycles. The zero-order chi connectivity index (χ0) is 19.5. The number of carbonyl (C=O) groups is 3. The van der Waals surface area contributed by atoms with Gasteiger partial charge < -0.3 is 15.5 Å². The number of benzene rings is 1. The fraction of sp³-hybridized carbons (Fsp3) is 0.500. The van der Waals surface area contributed by atoms with Gasteiger partial charge in [0.2, 0.25) is 5.91 Å². The molecule has 1 aliphatic heterocycles. The fourth-order valence-corrected chi connectivity index (χ4v) is 2.48. The van der Waals surface area contributed by atoms with Crippen LogP contribution in [0.5, 0.6) is 0 Å². The van der Waals surface area contributed by atoms with Crippen LogP contribution in [0.2, 0.25) is 0 Å². The van der Waals surface area contributed by atoms with Crippen LogP contribution in [0.4, 0.5) is 4.39 Å². The maximum Gasteiger partial charge on any atom is 0.414 e. The van der Waals surface area contributed by atoms with Crippen molar-refractivity contribution in [2.75, 3.05) is 26.2 Å². The minimum absolute atomic E-state index is 0.0849. The van der Waals surface area contributed by atoms with E-state index in [1.54, 1.807) is 12.1 Å². The summed E-state index contributed by atoms with van der Waals surface area (Å²) in [6.45, 7) is 5.41. The van der Waals surface area contributed by atoms with E-state index in [1.165, 1.54) is 25.0 Å². The molecule has 0 unspecified atom stereocenters. The summed E-state index contributed by atoms with van der Waals surface area (Å²) < 4.78 is 12.7. The Kier molecular flexibility index (Phi) is 9.29. The third-order valence-electron chi connectivity index (χ3n) is 4.08. The summed E-state index contributed by atoms with van der Waals surface area (Å²) in [4.78, 5) is 32.2. The van der Waals surface area contributed by atoms with Crippen molar-refractivity contribution >= 4 is 17.8 Å². The number of carboxylic acid groups (broad SMARTS) is 2. The van der Waals surface area contributed by atoms with E-state index in [-0.39, 0.29) is 11.7 Å². The lowest BCUT2D eigenvalue weighted by Gasteiger charge is -2.29. The molecule has 144 valence electrons. The normalized spacial score (nSPS) is 14.8. The molecule has 1 aromatic carbocycles. The Morgan fingerprint density at radius 1 is 1.12 bits per heavy atom. The van der Waals surface area contributed by atoms with Crippen molar-refractivity contribution in [3.8, 4) is 0 Å². The minimum Gasteiger partial charge on any atom is -0.473 e. The molecule has 1 fully saturated rings. The average molecular weight is 368 g/mol. The molecular weight excluding hydrogens is 343 g/mol. The number of carbonyl (C=O) groups excluding carboxylic acids is 1. The Bertz CT molecular complexity index is 586. The summed E-state index contributed by atoms with van der Waals surface area (Å²) in [5.41, 5.74) is 1.04. The van der Waals surface area contributed by atoms with Crippen LogP contribution in [-0.4, -0.2) is 59.1 Å². The Morgan fingerprint density at radius 3 is 2.15 bits per heavy atom. The number of likely N-dealkylation sites (tertiary alicyclic amines) is 1. The molecule has 0 saturated carbocycles. The first kappa shape index (κ1) is 21.6. The van der Waals surface area contributed by atoms with Crippen LogP contribution < -0.4 is 5.32 Å². The molecule has 1 aromatic rings. The topological polar surface area (TPSA) is 107 Å². The maximum atomic E-state index is 12.7. The maximum absolute atomic E-state index is 12.7. The first-order chi connectivity index (χ1) is 12.3. The van der Waals surface area contributed by atoms with Crippen molar-refractivity contribution in [3.63, 3.8) is 0 Å². The molecule has 3 N–H and O–H groups in total. The number of carboxylic acids is 2. The predicted octanol–water partition coefficient (Wildman–Crippen LogP) is 1.37. The van der Waals surface area contributed by atoms with E-state index in [4.69, 9.17) is 19.8 Å². The smallest absolute Gasteiger partial charge is 0.414 e. The average Bonchev–Trinajstić information content (AvgIpc) is 2.59. The van der Waals surface area contributed by atoms with Crippen molar-refractivity contribution in [3.05, 3.63) is 35.6 Å². The van der Waals surface area contributed by atoms with Gasteiger partial charge in [0.25, 0.3) is 0 Å². The van der Waals surface area contributed by atoms with Crippen LogP contribution in [0.1, 0.15) is 25.3 Å². The summed E-state index contributed by atoms with van der Waals surface area (Å²) in [5, 5.41) is 17.7. The van der Waals surface area contributed by atoms with Gasteiger partial charge in [-0.2, -0.15) is 0 Å². The van der Waals surface area contributed by atoms with E-state index in [2.05, 4.69) is 17.1 Å². The number of hydrogen-bond donors (Lipinski definition) is 3. The molecule has 1 heterocycles. The lowest BCUT2D eigenvalue weighted by Crippen LogP contribution is -2.41. The number of halogens is 1. The number of nitrogens with one attached hydrogen (secondary N) is 1. The van der Waals surface area contributed by atoms with Gasteiger partial charge in [-0.3, -0.25) is 9.69 Å². The van der Waals surface area contributed by atoms with E-state index in [0.29, 0.717) is 13.1 Å². The number of hydrogen-bond acceptors (Lipinski definition) is 4. The molecule has 0 atom stereocenters. The number of aliphatic carboxylic acids is 2. The molecule has 1 aliphatic rings. The van der Waals surface area contributed by atoms with Gasteiger partial charge in [0, 0.05) is 6.54 Å². The second-order valence-corrected chi connectivity index (χ2v) is 6.30. The summed E-state index contributed by atoms with van der Waals surface area (Å²) in [6, 6.07) is 6.42. The second kappa shape index (κ2) is 11.2. The zero-order valence-electron chi connectivity index (χ0n) is 14.8. The van der Waals surface area contributed by atoms with Crippen LogP contribution in [0, 0.1) is 11.7 Å². The van der Waals surface area contributed by atoms with Gasteiger partial charge in [-0.15, -0.1) is 0 Å². The van der Waals surface area contributed by atoms with Crippen LogP contribution >= 0.6 is 0 Å². The molecule has 0 radical (unpaired) electrons. The van der Waals surface area contributed by atoms with Crippen molar-refractivity contribution in [1.29, 1.82) is 0 Å². The number of rotatable bonds is 5. The quantitative estimate of drug-likeness (QED) is 0.678. The standard InChI is InChI=1S/C16H23FN2O.C2H2O4/c1-13-7-10-19(11-8-13)12-16(20)18-9-6-14-2-4-15(17)5-3-14;3-1(4)2(5)6/h2-5,13H,6-12H2,1H3,(H,18,20);(H,3,4)(H,5,6). The van der Waals surface area contributed by atoms with Gasteiger partial charge in [0.05, 0.1) is 6.54 Å². The van der Waals surface area contributed by atoms with Crippen molar-refractivity contribution in [2.24, 2.45) is 5.92 Å². The Balaban J connectivity index is 0.000000487. The van der Waals surface area contributed by atoms with Crippen molar-refractivity contribution in [2.45, 2.75) is 26.2 Å². The highest BCUT2D eigenvalue weighted by Gasteiger charge is 2.17. The van der Waals surface area contributed by atoms with Crippen LogP contribution in [0.25, 0.3) is 0 Å². The van der Waals surface area contributed by atoms with Crippen molar-refractivity contribution < 1.29 is 29.0 Å². The SMILES string of the molecule is CC1CCN(CC(=O)NCCc2ccc(F)cc2)CC1.O=C(O)C(=O)O. The Labute approximate surface area is 151 Å². The number of nitrogens with zero attached hydrogens (tertiary/aromatic N) is 1. The highest BCUT2D eigenvalue weighted by Crippen LogP contribution is 2.15. The number of piperidine rings is 1. The molecular formula is C18H25FN2O5. The van der Waals surface area contributed by atoms with E-state index < -0.39 is 11.9 Å². The first-order valence-electron chi connectivity index (χ1n) is 8.47. The molecule has 1 saturated heterocycles. The third-order valence-corrected chi connectivity index (χ3v) is 4.08. The lowest BCUT2D eigenvalue weighted by atomic mass is 9.99. The van der Waals surface area contributed by atoms with Gasteiger partial charge in [-0.25, -0.2) is 14.0 Å². The minimum atomic E-state index is -1.82. The van der Waals surface area contributed by atoms with Gasteiger partial charge in [0.15, 0.2) is 0 Å². The highest BCUT2D eigenvalue weighted by atomic mass is 19.1. The first-order valence-corrected chi connectivity index (χ1v) is 8.47. The third kappa shape index (κ3) is 9.12. The van der Waals surface area contributed by atoms with Crippen LogP contribution in [0.15, 0.2) is 24.3 Å². The van der Waals surface area contributed by atoms with E-state index in [9.17, 15) is 9.18 Å². The fourth-order valence-electron chi connectivity index (χ4n) is 2.48. The van der Waals surface area contributed by atoms with Crippen LogP contribution in [-0.2, 0) is 20.8 Å². The van der Waals surface area contributed by atoms with Crippen molar-refractivity contribution in [1.82, 2.24) is 10.2 Å². The molecule has 7 nitrogen and oxygen atoms in total. The summed E-state index contributed by atoms with van der Waals surface area (Å²) in [7, 11) is 0. The highest BCUT2D eigenvalue weighted by molar-refractivity contribution is 6.27. The van der Waals surface area contributed by atoms with Gasteiger partial charge >= 0.3 is 11.9 Å². The molecule has 0 spiro atoms. The van der Waals surface area contributed by atoms with E-state index in [0.717, 1.165) is 31.0 Å². The summed E-state index contributed by atoms with van der Waals surface area (Å²) >= 11 is 0. The Morgan fingerprint density at radius 2 is 1.65 bits per heavy atom. The molecule has 0 bridgehead atoms. The van der Waals surface area contributed by atoms with E-state index >= 15 is 0 Å². The van der Waals surface area contributed by atoms with Gasteiger partial charge in [-0.1, -0.05) is 19.1 Å². The molecule has 2 rings (SSSR count). The summed E-state index contributed by atoms with van der Waals surface area (Å²) in [6.07, 6.45) is 3.11. The Hall–Kier alpha value is -2.48. The second-order valence-electron chi connectivity index (χ2n) is 6.30. The largest absolute Gasteiger partial charge is 0.473 e. The zero-order valence-corrected chi connectivity index (χ0v) is 14.8. The van der Waals surface area contributed by atoms with Crippen LogP contribution in [0.3, 0.4) is 0 Å².